The van der Waals surface area contributed by atoms with Crippen LogP contribution in [0.25, 0.3) is 11.3 Å². The van der Waals surface area contributed by atoms with E-state index in [-0.39, 0.29) is 0 Å². The fourth-order valence-corrected chi connectivity index (χ4v) is 1.66. The van der Waals surface area contributed by atoms with Crippen LogP contribution in [0.2, 0.25) is 0 Å². The Morgan fingerprint density at radius 3 is 2.87 bits per heavy atom. The van der Waals surface area contributed by atoms with Crippen molar-refractivity contribution < 1.29 is 0 Å². The van der Waals surface area contributed by atoms with Crippen molar-refractivity contribution in [1.82, 2.24) is 20.4 Å². The number of pyridine rings is 1. The van der Waals surface area contributed by atoms with Gasteiger partial charge in [-0.25, -0.2) is 0 Å². The predicted molar refractivity (Wildman–Crippen MR) is 56.4 cm³/mol. The number of hydrogen-bond donors (Lipinski definition) is 1. The van der Waals surface area contributed by atoms with Crippen LogP contribution in [0, 0.1) is 0 Å². The van der Waals surface area contributed by atoms with E-state index in [0.29, 0.717) is 0 Å². The van der Waals surface area contributed by atoms with Crippen molar-refractivity contribution in [2.24, 2.45) is 0 Å². The van der Waals surface area contributed by atoms with Crippen molar-refractivity contribution in [2.75, 3.05) is 18.0 Å². The fraction of sp³-hybridized carbons (Fsp3) is 0.300. The minimum atomic E-state index is 0.838. The second-order valence-corrected chi connectivity index (χ2v) is 3.63. The monoisotopic (exact) mass is 201 g/mol. The number of aromatic nitrogens is 4. The molecule has 0 bridgehead atoms. The number of nitrogens with zero attached hydrogens (tertiary/aromatic N) is 4. The lowest BCUT2D eigenvalue weighted by Crippen LogP contribution is -2.36. The molecule has 0 spiro atoms. The van der Waals surface area contributed by atoms with E-state index in [1.54, 1.807) is 12.4 Å². The maximum Gasteiger partial charge on any atom is 0.114 e. The van der Waals surface area contributed by atoms with Crippen LogP contribution in [-0.2, 0) is 0 Å². The van der Waals surface area contributed by atoms with Gasteiger partial charge in [-0.2, -0.15) is 0 Å². The smallest absolute Gasteiger partial charge is 0.114 e. The van der Waals surface area contributed by atoms with Crippen LogP contribution in [0.3, 0.4) is 0 Å². The average Bonchev–Trinajstić information content (AvgIpc) is 2.68. The Labute approximate surface area is 87.1 Å². The molecule has 2 aromatic heterocycles. The maximum atomic E-state index is 4.22. The van der Waals surface area contributed by atoms with Gasteiger partial charge in [-0.15, -0.1) is 5.10 Å². The van der Waals surface area contributed by atoms with Crippen molar-refractivity contribution in [1.29, 1.82) is 0 Å². The summed E-state index contributed by atoms with van der Waals surface area (Å²) in [6.45, 7) is 2.26. The average molecular weight is 201 g/mol. The van der Waals surface area contributed by atoms with E-state index in [0.717, 1.165) is 24.3 Å². The lowest BCUT2D eigenvalue weighted by molar-refractivity contribution is 0.617. The van der Waals surface area contributed by atoms with E-state index in [1.165, 1.54) is 12.1 Å². The molecule has 5 nitrogen and oxygen atoms in total. The van der Waals surface area contributed by atoms with Crippen molar-refractivity contribution in [3.05, 3.63) is 24.7 Å². The number of anilines is 1. The molecule has 76 valence electrons. The molecule has 0 radical (unpaired) electrons. The molecule has 0 unspecified atom stereocenters. The summed E-state index contributed by atoms with van der Waals surface area (Å²) < 4.78 is 0. The zero-order valence-electron chi connectivity index (χ0n) is 8.22. The van der Waals surface area contributed by atoms with Gasteiger partial charge in [-0.1, -0.05) is 5.21 Å². The van der Waals surface area contributed by atoms with Crippen molar-refractivity contribution in [3.8, 4) is 11.3 Å². The topological polar surface area (TPSA) is 57.7 Å². The third-order valence-electron chi connectivity index (χ3n) is 2.66. The summed E-state index contributed by atoms with van der Waals surface area (Å²) in [6.07, 6.45) is 6.75. The molecular formula is C10H11N5. The molecule has 15 heavy (non-hydrogen) atoms. The van der Waals surface area contributed by atoms with E-state index in [1.807, 2.05) is 6.20 Å². The number of nitrogens with one attached hydrogen (secondary N) is 1. The van der Waals surface area contributed by atoms with E-state index in [4.69, 9.17) is 0 Å². The molecule has 3 heterocycles. The molecule has 1 saturated heterocycles. The highest BCUT2D eigenvalue weighted by atomic mass is 15.3. The van der Waals surface area contributed by atoms with Crippen molar-refractivity contribution in [3.63, 3.8) is 0 Å². The van der Waals surface area contributed by atoms with Gasteiger partial charge in [0.25, 0.3) is 0 Å². The molecule has 0 saturated carbocycles. The molecular weight excluding hydrogens is 190 g/mol. The molecule has 2 aromatic rings. The Morgan fingerprint density at radius 2 is 2.20 bits per heavy atom. The summed E-state index contributed by atoms with van der Waals surface area (Å²) in [5.74, 6) is 0. The van der Waals surface area contributed by atoms with Crippen molar-refractivity contribution >= 4 is 5.69 Å². The summed E-state index contributed by atoms with van der Waals surface area (Å²) in [5.41, 5.74) is 3.01. The Kier molecular flexibility index (Phi) is 1.87. The summed E-state index contributed by atoms with van der Waals surface area (Å²) in [7, 11) is 0. The largest absolute Gasteiger partial charge is 0.370 e. The Hall–Kier alpha value is -1.91. The quantitative estimate of drug-likeness (QED) is 0.789. The van der Waals surface area contributed by atoms with Crippen LogP contribution in [0.1, 0.15) is 6.42 Å². The molecule has 1 aliphatic heterocycles. The first-order chi connectivity index (χ1) is 7.43. The molecule has 1 N–H and O–H groups in total. The first-order valence-electron chi connectivity index (χ1n) is 5.00. The van der Waals surface area contributed by atoms with Gasteiger partial charge in [0.2, 0.25) is 0 Å². The van der Waals surface area contributed by atoms with Gasteiger partial charge < -0.3 is 4.90 Å². The van der Waals surface area contributed by atoms with Gasteiger partial charge in [0.15, 0.2) is 0 Å². The molecule has 3 rings (SSSR count). The van der Waals surface area contributed by atoms with E-state index >= 15 is 0 Å². The maximum absolute atomic E-state index is 4.22. The first-order valence-corrected chi connectivity index (χ1v) is 5.00. The number of H-pyrrole nitrogens is 1. The van der Waals surface area contributed by atoms with Crippen LogP contribution in [0.15, 0.2) is 24.7 Å². The molecule has 1 fully saturated rings. The zero-order valence-corrected chi connectivity index (χ0v) is 8.22. The zero-order chi connectivity index (χ0) is 10.1. The molecule has 5 heteroatoms. The van der Waals surface area contributed by atoms with Gasteiger partial charge in [0, 0.05) is 24.8 Å². The van der Waals surface area contributed by atoms with Crippen LogP contribution in [-0.4, -0.2) is 33.5 Å². The Morgan fingerprint density at radius 1 is 1.27 bits per heavy atom. The van der Waals surface area contributed by atoms with E-state index in [9.17, 15) is 0 Å². The lowest BCUT2D eigenvalue weighted by Gasteiger charge is -2.32. The molecule has 0 aliphatic carbocycles. The fourth-order valence-electron chi connectivity index (χ4n) is 1.66. The van der Waals surface area contributed by atoms with E-state index in [2.05, 4.69) is 31.4 Å². The van der Waals surface area contributed by atoms with Gasteiger partial charge in [0.05, 0.1) is 18.1 Å². The second kappa shape index (κ2) is 3.34. The summed E-state index contributed by atoms with van der Waals surface area (Å²) in [6, 6.07) is 2.10. The van der Waals surface area contributed by atoms with Gasteiger partial charge in [-0.05, 0) is 12.5 Å². The lowest BCUT2D eigenvalue weighted by atomic mass is 10.1. The van der Waals surface area contributed by atoms with Gasteiger partial charge in [-0.3, -0.25) is 10.1 Å². The van der Waals surface area contributed by atoms with Crippen LogP contribution < -0.4 is 4.90 Å². The first kappa shape index (κ1) is 8.40. The highest BCUT2D eigenvalue weighted by Gasteiger charge is 2.15. The Bertz CT molecular complexity index is 447. The normalized spacial score (nSPS) is 15.1. The number of aromatic amines is 1. The minimum Gasteiger partial charge on any atom is -0.370 e. The predicted octanol–water partition coefficient (Wildman–Crippen LogP) is 1.08. The van der Waals surface area contributed by atoms with Crippen LogP contribution in [0.5, 0.6) is 0 Å². The number of rotatable bonds is 2. The highest BCUT2D eigenvalue weighted by molar-refractivity contribution is 5.63. The second-order valence-electron chi connectivity index (χ2n) is 3.63. The third-order valence-corrected chi connectivity index (χ3v) is 2.66. The molecule has 0 aromatic carbocycles. The summed E-state index contributed by atoms with van der Waals surface area (Å²) in [5, 5.41) is 10.4. The summed E-state index contributed by atoms with van der Waals surface area (Å²) in [4.78, 5) is 6.52. The standard InChI is InChI=1S/C10H11N5/c1-2-15(3-1)9-4-8(5-11-6-9)10-7-12-14-13-10/h4-7H,1-3H2,(H,12,13,14). The molecule has 1 aliphatic rings. The minimum absolute atomic E-state index is 0.838. The van der Waals surface area contributed by atoms with E-state index < -0.39 is 0 Å². The summed E-state index contributed by atoms with van der Waals surface area (Å²) >= 11 is 0. The third kappa shape index (κ3) is 1.45. The SMILES string of the molecule is c1ncc(N2CCC2)cc1-c1c[nH]nn1. The van der Waals surface area contributed by atoms with Crippen LogP contribution >= 0.6 is 0 Å². The van der Waals surface area contributed by atoms with Crippen LogP contribution in [0.4, 0.5) is 5.69 Å². The Balaban J connectivity index is 1.95. The van der Waals surface area contributed by atoms with Gasteiger partial charge >= 0.3 is 0 Å². The number of hydrogen-bond acceptors (Lipinski definition) is 4. The highest BCUT2D eigenvalue weighted by Crippen LogP contribution is 2.24. The molecule has 0 atom stereocenters. The van der Waals surface area contributed by atoms with Crippen molar-refractivity contribution in [2.45, 2.75) is 6.42 Å². The van der Waals surface area contributed by atoms with Gasteiger partial charge in [0.1, 0.15) is 5.69 Å². The molecule has 0 amide bonds.